The second-order valence-corrected chi connectivity index (χ2v) is 6.51. The normalized spacial score (nSPS) is 21.9. The largest absolute Gasteiger partial charge is 0.399 e. The molecule has 0 saturated heterocycles. The number of nitrogens with one attached hydrogen (secondary N) is 1. The molecule has 1 atom stereocenters. The van der Waals surface area contributed by atoms with Crippen LogP contribution in [-0.2, 0) is 0 Å². The molecular weight excluding hydrogens is 236 g/mol. The third-order valence-electron chi connectivity index (χ3n) is 4.05. The molecule has 1 aliphatic rings. The SMILES string of the molecule is Cc1ccc(N)cc1C(=O)NC1CCCC(C)(C)C1. The van der Waals surface area contributed by atoms with Crippen molar-refractivity contribution in [1.29, 1.82) is 0 Å². The topological polar surface area (TPSA) is 55.1 Å². The molecule has 0 radical (unpaired) electrons. The zero-order valence-corrected chi connectivity index (χ0v) is 12.1. The van der Waals surface area contributed by atoms with Crippen molar-refractivity contribution in [3.63, 3.8) is 0 Å². The number of carbonyl (C=O) groups is 1. The minimum Gasteiger partial charge on any atom is -0.399 e. The highest BCUT2D eigenvalue weighted by atomic mass is 16.1. The van der Waals surface area contributed by atoms with E-state index >= 15 is 0 Å². The van der Waals surface area contributed by atoms with E-state index in [0.717, 1.165) is 18.4 Å². The highest BCUT2D eigenvalue weighted by Gasteiger charge is 2.29. The Balaban J connectivity index is 2.06. The Morgan fingerprint density at radius 1 is 1.42 bits per heavy atom. The number of nitrogens with two attached hydrogens (primary N) is 1. The van der Waals surface area contributed by atoms with Gasteiger partial charge in [0.15, 0.2) is 0 Å². The molecule has 3 N–H and O–H groups in total. The van der Waals surface area contributed by atoms with Crippen LogP contribution in [0.15, 0.2) is 18.2 Å². The lowest BCUT2D eigenvalue weighted by Gasteiger charge is -2.35. The summed E-state index contributed by atoms with van der Waals surface area (Å²) < 4.78 is 0. The fraction of sp³-hybridized carbons (Fsp3) is 0.562. The van der Waals surface area contributed by atoms with E-state index in [9.17, 15) is 4.79 Å². The van der Waals surface area contributed by atoms with Crippen LogP contribution in [-0.4, -0.2) is 11.9 Å². The molecule has 3 heteroatoms. The monoisotopic (exact) mass is 260 g/mol. The fourth-order valence-corrected chi connectivity index (χ4v) is 2.97. The number of nitrogen functional groups attached to an aromatic ring is 1. The summed E-state index contributed by atoms with van der Waals surface area (Å²) in [5.41, 5.74) is 8.41. The minimum absolute atomic E-state index is 0.00694. The van der Waals surface area contributed by atoms with Crippen molar-refractivity contribution in [1.82, 2.24) is 5.32 Å². The molecular formula is C16H24N2O. The highest BCUT2D eigenvalue weighted by Crippen LogP contribution is 2.35. The van der Waals surface area contributed by atoms with Crippen molar-refractivity contribution in [2.75, 3.05) is 5.73 Å². The van der Waals surface area contributed by atoms with Crippen LogP contribution in [0.4, 0.5) is 5.69 Å². The molecule has 1 amide bonds. The zero-order chi connectivity index (χ0) is 14.0. The van der Waals surface area contributed by atoms with Crippen molar-refractivity contribution < 1.29 is 4.79 Å². The second kappa shape index (κ2) is 5.24. The van der Waals surface area contributed by atoms with Gasteiger partial charge in [-0.1, -0.05) is 26.3 Å². The predicted octanol–water partition coefficient (Wildman–Crippen LogP) is 3.28. The molecule has 1 aliphatic carbocycles. The van der Waals surface area contributed by atoms with Crippen LogP contribution >= 0.6 is 0 Å². The molecule has 0 aliphatic heterocycles. The van der Waals surface area contributed by atoms with Gasteiger partial charge in [-0.05, 0) is 49.3 Å². The van der Waals surface area contributed by atoms with Gasteiger partial charge in [0.2, 0.25) is 0 Å². The molecule has 1 saturated carbocycles. The maximum Gasteiger partial charge on any atom is 0.251 e. The molecule has 1 aromatic rings. The van der Waals surface area contributed by atoms with Crippen LogP contribution in [0.1, 0.15) is 55.5 Å². The second-order valence-electron chi connectivity index (χ2n) is 6.51. The van der Waals surface area contributed by atoms with Gasteiger partial charge in [0.1, 0.15) is 0 Å². The van der Waals surface area contributed by atoms with Gasteiger partial charge in [0, 0.05) is 17.3 Å². The maximum atomic E-state index is 12.3. The third-order valence-corrected chi connectivity index (χ3v) is 4.05. The van der Waals surface area contributed by atoms with Crippen LogP contribution < -0.4 is 11.1 Å². The van der Waals surface area contributed by atoms with E-state index in [1.165, 1.54) is 12.8 Å². The van der Waals surface area contributed by atoms with Crippen LogP contribution in [0.3, 0.4) is 0 Å². The van der Waals surface area contributed by atoms with Crippen molar-refractivity contribution >= 4 is 11.6 Å². The third kappa shape index (κ3) is 3.49. The highest BCUT2D eigenvalue weighted by molar-refractivity contribution is 5.96. The van der Waals surface area contributed by atoms with Crippen molar-refractivity contribution in [2.45, 2.75) is 52.5 Å². The smallest absolute Gasteiger partial charge is 0.251 e. The summed E-state index contributed by atoms with van der Waals surface area (Å²) in [6.07, 6.45) is 4.57. The quantitative estimate of drug-likeness (QED) is 0.802. The van der Waals surface area contributed by atoms with Crippen molar-refractivity contribution in [3.8, 4) is 0 Å². The summed E-state index contributed by atoms with van der Waals surface area (Å²) in [5.74, 6) is 0.00694. The van der Waals surface area contributed by atoms with Gasteiger partial charge in [-0.25, -0.2) is 0 Å². The fourth-order valence-electron chi connectivity index (χ4n) is 2.97. The minimum atomic E-state index is 0.00694. The Bertz CT molecular complexity index is 480. The Hall–Kier alpha value is -1.51. The standard InChI is InChI=1S/C16H24N2O/c1-11-6-7-12(17)9-14(11)15(19)18-13-5-4-8-16(2,3)10-13/h6-7,9,13H,4-5,8,10,17H2,1-3H3,(H,18,19). The maximum absolute atomic E-state index is 12.3. The number of rotatable bonds is 2. The van der Waals surface area contributed by atoms with E-state index in [0.29, 0.717) is 16.7 Å². The summed E-state index contributed by atoms with van der Waals surface area (Å²) in [7, 11) is 0. The van der Waals surface area contributed by atoms with Crippen LogP contribution in [0.25, 0.3) is 0 Å². The predicted molar refractivity (Wildman–Crippen MR) is 79.1 cm³/mol. The first-order valence-corrected chi connectivity index (χ1v) is 7.04. The van der Waals surface area contributed by atoms with E-state index in [-0.39, 0.29) is 11.9 Å². The molecule has 19 heavy (non-hydrogen) atoms. The number of hydrogen-bond donors (Lipinski definition) is 2. The molecule has 0 bridgehead atoms. The summed E-state index contributed by atoms with van der Waals surface area (Å²) in [5, 5.41) is 3.16. The van der Waals surface area contributed by atoms with E-state index in [1.54, 1.807) is 6.07 Å². The van der Waals surface area contributed by atoms with Crippen LogP contribution in [0.5, 0.6) is 0 Å². The first-order chi connectivity index (χ1) is 8.87. The first-order valence-electron chi connectivity index (χ1n) is 7.04. The molecule has 0 heterocycles. The molecule has 3 nitrogen and oxygen atoms in total. The molecule has 1 aromatic carbocycles. The van der Waals surface area contributed by atoms with E-state index in [4.69, 9.17) is 5.73 Å². The van der Waals surface area contributed by atoms with E-state index in [1.807, 2.05) is 19.1 Å². The molecule has 1 fully saturated rings. The lowest BCUT2D eigenvalue weighted by Crippen LogP contribution is -2.40. The summed E-state index contributed by atoms with van der Waals surface area (Å²) in [4.78, 5) is 12.3. The molecule has 104 valence electrons. The number of aryl methyl sites for hydroxylation is 1. The number of amides is 1. The first kappa shape index (κ1) is 13.9. The zero-order valence-electron chi connectivity index (χ0n) is 12.1. The molecule has 0 spiro atoms. The number of hydrogen-bond acceptors (Lipinski definition) is 2. The summed E-state index contributed by atoms with van der Waals surface area (Å²) in [6, 6.07) is 5.78. The van der Waals surface area contributed by atoms with E-state index < -0.39 is 0 Å². The number of anilines is 1. The van der Waals surface area contributed by atoms with Gasteiger partial charge in [-0.3, -0.25) is 4.79 Å². The van der Waals surface area contributed by atoms with Gasteiger partial charge in [-0.2, -0.15) is 0 Å². The van der Waals surface area contributed by atoms with Crippen LogP contribution in [0, 0.1) is 12.3 Å². The summed E-state index contributed by atoms with van der Waals surface area (Å²) >= 11 is 0. The Labute approximate surface area is 115 Å². The average molecular weight is 260 g/mol. The molecule has 0 aromatic heterocycles. The van der Waals surface area contributed by atoms with Crippen molar-refractivity contribution in [2.24, 2.45) is 5.41 Å². The Morgan fingerprint density at radius 2 is 2.16 bits per heavy atom. The van der Waals surface area contributed by atoms with Gasteiger partial charge >= 0.3 is 0 Å². The lowest BCUT2D eigenvalue weighted by molar-refractivity contribution is 0.0902. The number of carbonyl (C=O) groups excluding carboxylic acids is 1. The Morgan fingerprint density at radius 3 is 2.84 bits per heavy atom. The lowest BCUT2D eigenvalue weighted by atomic mass is 9.75. The molecule has 1 unspecified atom stereocenters. The average Bonchev–Trinajstić information content (AvgIpc) is 2.31. The number of benzene rings is 1. The van der Waals surface area contributed by atoms with Gasteiger partial charge in [0.25, 0.3) is 5.91 Å². The van der Waals surface area contributed by atoms with Gasteiger partial charge in [-0.15, -0.1) is 0 Å². The van der Waals surface area contributed by atoms with E-state index in [2.05, 4.69) is 19.2 Å². The summed E-state index contributed by atoms with van der Waals surface area (Å²) in [6.45, 7) is 6.49. The Kier molecular flexibility index (Phi) is 3.83. The molecule has 2 rings (SSSR count). The van der Waals surface area contributed by atoms with Gasteiger partial charge < -0.3 is 11.1 Å². The van der Waals surface area contributed by atoms with Crippen molar-refractivity contribution in [3.05, 3.63) is 29.3 Å². The van der Waals surface area contributed by atoms with Gasteiger partial charge in [0.05, 0.1) is 0 Å². The van der Waals surface area contributed by atoms with Crippen LogP contribution in [0.2, 0.25) is 0 Å².